The lowest BCUT2D eigenvalue weighted by Crippen LogP contribution is -2.30. The van der Waals surface area contributed by atoms with Crippen molar-refractivity contribution in [2.75, 3.05) is 13.4 Å². The summed E-state index contributed by atoms with van der Waals surface area (Å²) < 4.78 is 44.9. The van der Waals surface area contributed by atoms with Crippen molar-refractivity contribution in [3.05, 3.63) is 76.1 Å². The van der Waals surface area contributed by atoms with Crippen LogP contribution >= 0.6 is 0 Å². The van der Waals surface area contributed by atoms with Gasteiger partial charge in [0.25, 0.3) is 0 Å². The number of H-pyrrole nitrogens is 1. The van der Waals surface area contributed by atoms with E-state index >= 15 is 0 Å². The topological polar surface area (TPSA) is 115 Å². The summed E-state index contributed by atoms with van der Waals surface area (Å²) in [5.41, 5.74) is 3.34. The summed E-state index contributed by atoms with van der Waals surface area (Å²) in [5, 5.41) is 0. The van der Waals surface area contributed by atoms with Gasteiger partial charge in [0.1, 0.15) is 0 Å². The molecule has 36 heavy (non-hydrogen) atoms. The van der Waals surface area contributed by atoms with Crippen molar-refractivity contribution < 1.29 is 32.2 Å². The van der Waals surface area contributed by atoms with Crippen LogP contribution in [0.5, 0.6) is 11.5 Å². The number of aromatic nitrogens is 1. The summed E-state index contributed by atoms with van der Waals surface area (Å²) in [6.45, 7) is 7.04. The summed E-state index contributed by atoms with van der Waals surface area (Å²) in [6.07, 6.45) is 0. The molecule has 190 valence electrons. The van der Waals surface area contributed by atoms with Gasteiger partial charge in [-0.15, -0.1) is 0 Å². The Hall–Kier alpha value is -3.63. The predicted molar refractivity (Wildman–Crippen MR) is 132 cm³/mol. The van der Waals surface area contributed by atoms with Gasteiger partial charge in [-0.25, -0.2) is 13.2 Å². The molecule has 0 aliphatic carbocycles. The van der Waals surface area contributed by atoms with Gasteiger partial charge >= 0.3 is 5.97 Å². The standard InChI is InChI=1S/C26H28N2O7S/c1-5-33-26(30)25-16(2)22(27-17(25)3)14-28(13-19-6-11-23-24(12-19)35-15-34-23)36(31,32)21-9-7-20(8-10-21)18(4)29/h6-12,27H,5,13-15H2,1-4H3. The minimum absolute atomic E-state index is 0.0166. The molecule has 1 aliphatic heterocycles. The van der Waals surface area contributed by atoms with Gasteiger partial charge in [-0.2, -0.15) is 4.31 Å². The van der Waals surface area contributed by atoms with Crippen LogP contribution in [0.2, 0.25) is 0 Å². The van der Waals surface area contributed by atoms with Crippen molar-refractivity contribution in [3.8, 4) is 11.5 Å². The van der Waals surface area contributed by atoms with Crippen molar-refractivity contribution in [3.63, 3.8) is 0 Å². The van der Waals surface area contributed by atoms with E-state index in [0.717, 1.165) is 0 Å². The van der Waals surface area contributed by atoms with Crippen molar-refractivity contribution >= 4 is 21.8 Å². The number of carbonyl (C=O) groups excluding carboxylic acids is 2. The highest BCUT2D eigenvalue weighted by molar-refractivity contribution is 7.89. The number of sulfonamides is 1. The number of rotatable bonds is 9. The summed E-state index contributed by atoms with van der Waals surface area (Å²) >= 11 is 0. The van der Waals surface area contributed by atoms with Crippen LogP contribution in [0.4, 0.5) is 0 Å². The van der Waals surface area contributed by atoms with Crippen LogP contribution in [0.3, 0.4) is 0 Å². The van der Waals surface area contributed by atoms with E-state index in [9.17, 15) is 18.0 Å². The number of ketones is 1. The molecule has 0 bridgehead atoms. The second-order valence-electron chi connectivity index (χ2n) is 8.49. The molecular formula is C26H28N2O7S. The minimum Gasteiger partial charge on any atom is -0.462 e. The van der Waals surface area contributed by atoms with Crippen LogP contribution in [0, 0.1) is 13.8 Å². The average molecular weight is 513 g/mol. The van der Waals surface area contributed by atoms with Crippen molar-refractivity contribution in [1.82, 2.24) is 9.29 Å². The lowest BCUT2D eigenvalue weighted by Gasteiger charge is -2.23. The molecule has 1 aromatic heterocycles. The Labute approximate surface area is 210 Å². The molecule has 1 aliphatic rings. The quantitative estimate of drug-likeness (QED) is 0.339. The predicted octanol–water partition coefficient (Wildman–Crippen LogP) is 4.13. The van der Waals surface area contributed by atoms with Crippen LogP contribution in [-0.4, -0.2) is 42.9 Å². The molecule has 0 atom stereocenters. The van der Waals surface area contributed by atoms with E-state index in [0.29, 0.717) is 45.1 Å². The molecule has 2 aromatic carbocycles. The molecule has 0 radical (unpaired) electrons. The lowest BCUT2D eigenvalue weighted by atomic mass is 10.1. The third kappa shape index (κ3) is 5.00. The monoisotopic (exact) mass is 512 g/mol. The fraction of sp³-hybridized carbons (Fsp3) is 0.308. The Morgan fingerprint density at radius 1 is 1.03 bits per heavy atom. The molecular weight excluding hydrogens is 484 g/mol. The molecule has 3 aromatic rings. The number of aryl methyl sites for hydroxylation is 1. The van der Waals surface area contributed by atoms with Gasteiger partial charge in [-0.1, -0.05) is 18.2 Å². The summed E-state index contributed by atoms with van der Waals surface area (Å²) in [7, 11) is -3.99. The first-order valence-electron chi connectivity index (χ1n) is 11.5. The highest BCUT2D eigenvalue weighted by Gasteiger charge is 2.29. The first-order chi connectivity index (χ1) is 17.1. The van der Waals surface area contributed by atoms with Gasteiger partial charge < -0.3 is 19.2 Å². The number of nitrogens with zero attached hydrogens (tertiary/aromatic N) is 1. The third-order valence-corrected chi connectivity index (χ3v) is 7.86. The number of esters is 1. The number of nitrogens with one attached hydrogen (secondary N) is 1. The Morgan fingerprint density at radius 2 is 1.72 bits per heavy atom. The van der Waals surface area contributed by atoms with Crippen LogP contribution in [0.15, 0.2) is 47.4 Å². The van der Waals surface area contributed by atoms with Gasteiger partial charge in [0.2, 0.25) is 16.8 Å². The molecule has 4 rings (SSSR count). The van der Waals surface area contributed by atoms with E-state index in [1.165, 1.54) is 35.5 Å². The van der Waals surface area contributed by atoms with E-state index in [4.69, 9.17) is 14.2 Å². The fourth-order valence-corrected chi connectivity index (χ4v) is 5.53. The molecule has 0 saturated carbocycles. The van der Waals surface area contributed by atoms with E-state index in [2.05, 4.69) is 4.98 Å². The number of benzene rings is 2. The van der Waals surface area contributed by atoms with Crippen LogP contribution < -0.4 is 9.47 Å². The molecule has 9 nitrogen and oxygen atoms in total. The lowest BCUT2D eigenvalue weighted by molar-refractivity contribution is 0.0524. The maximum atomic E-state index is 13.8. The number of aromatic amines is 1. The van der Waals surface area contributed by atoms with Gasteiger partial charge in [0.05, 0.1) is 23.6 Å². The second kappa shape index (κ2) is 10.2. The number of Topliss-reactive ketones (excluding diaryl/α,β-unsaturated/α-hetero) is 1. The van der Waals surface area contributed by atoms with Crippen LogP contribution in [0.1, 0.15) is 57.1 Å². The largest absolute Gasteiger partial charge is 0.462 e. The Bertz CT molecular complexity index is 1410. The zero-order valence-corrected chi connectivity index (χ0v) is 21.4. The molecule has 1 N–H and O–H groups in total. The first-order valence-corrected chi connectivity index (χ1v) is 12.9. The average Bonchev–Trinajstić information content (AvgIpc) is 3.42. The molecule has 0 spiro atoms. The first kappa shape index (κ1) is 25.5. The number of fused-ring (bicyclic) bond motifs is 1. The molecule has 0 fully saturated rings. The van der Waals surface area contributed by atoms with Gasteiger partial charge in [-0.3, -0.25) is 4.79 Å². The van der Waals surface area contributed by atoms with Crippen molar-refractivity contribution in [1.29, 1.82) is 0 Å². The number of hydrogen-bond donors (Lipinski definition) is 1. The van der Waals surface area contributed by atoms with Crippen molar-refractivity contribution in [2.45, 2.75) is 45.7 Å². The highest BCUT2D eigenvalue weighted by Crippen LogP contribution is 2.34. The summed E-state index contributed by atoms with van der Waals surface area (Å²) in [6, 6.07) is 11.1. The number of carbonyl (C=O) groups is 2. The van der Waals surface area contributed by atoms with E-state index < -0.39 is 16.0 Å². The SMILES string of the molecule is CCOC(=O)c1c(C)[nH]c(CN(Cc2ccc3c(c2)OCO3)S(=O)(=O)c2ccc(C(C)=O)cc2)c1C. The maximum Gasteiger partial charge on any atom is 0.340 e. The van der Waals surface area contributed by atoms with Crippen molar-refractivity contribution in [2.24, 2.45) is 0 Å². The van der Waals surface area contributed by atoms with Gasteiger partial charge in [0, 0.05) is 23.5 Å². The zero-order chi connectivity index (χ0) is 26.0. The maximum absolute atomic E-state index is 13.8. The minimum atomic E-state index is -3.99. The van der Waals surface area contributed by atoms with Gasteiger partial charge in [-0.05, 0) is 63.1 Å². The van der Waals surface area contributed by atoms with Crippen LogP contribution in [-0.2, 0) is 27.8 Å². The van der Waals surface area contributed by atoms with Crippen LogP contribution in [0.25, 0.3) is 0 Å². The zero-order valence-electron chi connectivity index (χ0n) is 20.6. The summed E-state index contributed by atoms with van der Waals surface area (Å²) in [5.74, 6) is 0.537. The smallest absolute Gasteiger partial charge is 0.340 e. The molecule has 0 unspecified atom stereocenters. The summed E-state index contributed by atoms with van der Waals surface area (Å²) in [4.78, 5) is 27.3. The number of ether oxygens (including phenoxy) is 3. The Morgan fingerprint density at radius 3 is 2.39 bits per heavy atom. The number of hydrogen-bond acceptors (Lipinski definition) is 7. The second-order valence-corrected chi connectivity index (χ2v) is 10.4. The Balaban J connectivity index is 1.72. The van der Waals surface area contributed by atoms with E-state index in [-0.39, 0.29) is 37.2 Å². The van der Waals surface area contributed by atoms with E-state index in [1.807, 2.05) is 0 Å². The Kier molecular flexibility index (Phi) is 7.18. The van der Waals surface area contributed by atoms with Gasteiger partial charge in [0.15, 0.2) is 17.3 Å². The normalized spacial score (nSPS) is 12.7. The molecule has 10 heteroatoms. The molecule has 0 amide bonds. The molecule has 0 saturated heterocycles. The highest BCUT2D eigenvalue weighted by atomic mass is 32.2. The molecule has 2 heterocycles. The third-order valence-electron chi connectivity index (χ3n) is 6.05. The fourth-order valence-electron chi connectivity index (χ4n) is 4.14. The van der Waals surface area contributed by atoms with E-state index in [1.54, 1.807) is 39.0 Å².